The number of amides is 1. The molecule has 1 unspecified atom stereocenters. The maximum atomic E-state index is 12.1. The number of thiazole rings is 1. The summed E-state index contributed by atoms with van der Waals surface area (Å²) in [6.45, 7) is 2.78. The Morgan fingerprint density at radius 2 is 2.55 bits per heavy atom. The lowest BCUT2D eigenvalue weighted by molar-refractivity contribution is 0.0940. The molecule has 3 rings (SSSR count). The molecule has 0 saturated carbocycles. The van der Waals surface area contributed by atoms with E-state index in [1.54, 1.807) is 17.9 Å². The molecule has 106 valence electrons. The number of nitrogens with one attached hydrogen (secondary N) is 2. The molecule has 2 aromatic heterocycles. The van der Waals surface area contributed by atoms with E-state index in [2.05, 4.69) is 15.6 Å². The van der Waals surface area contributed by atoms with Gasteiger partial charge < -0.3 is 15.1 Å². The predicted octanol–water partition coefficient (Wildman–Crippen LogP) is 2.13. The molecule has 1 saturated heterocycles. The molecule has 1 amide bonds. The minimum Gasteiger partial charge on any atom is -0.472 e. The van der Waals surface area contributed by atoms with Crippen LogP contribution in [0.1, 0.15) is 23.3 Å². The molecule has 2 N–H and O–H groups in total. The highest BCUT2D eigenvalue weighted by Gasteiger charge is 2.16. The van der Waals surface area contributed by atoms with Crippen LogP contribution in [-0.4, -0.2) is 30.5 Å². The van der Waals surface area contributed by atoms with Crippen molar-refractivity contribution in [2.75, 3.05) is 19.6 Å². The summed E-state index contributed by atoms with van der Waals surface area (Å²) in [6.07, 6.45) is 5.59. The second-order valence-corrected chi connectivity index (χ2v) is 5.83. The molecule has 5 nitrogen and oxygen atoms in total. The third-order valence-electron chi connectivity index (χ3n) is 3.46. The van der Waals surface area contributed by atoms with E-state index in [-0.39, 0.29) is 5.91 Å². The Morgan fingerprint density at radius 1 is 1.60 bits per heavy atom. The predicted molar refractivity (Wildman–Crippen MR) is 77.7 cm³/mol. The van der Waals surface area contributed by atoms with Crippen molar-refractivity contribution in [3.8, 4) is 10.6 Å². The summed E-state index contributed by atoms with van der Waals surface area (Å²) < 4.78 is 5.02. The Bertz CT molecular complexity index is 559. The third-order valence-corrected chi connectivity index (χ3v) is 4.35. The summed E-state index contributed by atoms with van der Waals surface area (Å²) in [5.41, 5.74) is 1.39. The first-order valence-corrected chi connectivity index (χ1v) is 7.68. The van der Waals surface area contributed by atoms with Crippen molar-refractivity contribution < 1.29 is 9.21 Å². The number of hydrogen-bond acceptors (Lipinski definition) is 5. The van der Waals surface area contributed by atoms with Gasteiger partial charge in [-0.15, -0.1) is 11.3 Å². The number of nitrogens with zero attached hydrogens (tertiary/aromatic N) is 1. The van der Waals surface area contributed by atoms with Gasteiger partial charge in [0.25, 0.3) is 5.91 Å². The zero-order valence-electron chi connectivity index (χ0n) is 11.1. The van der Waals surface area contributed by atoms with Crippen molar-refractivity contribution in [3.63, 3.8) is 0 Å². The Kier molecular flexibility index (Phi) is 4.13. The Balaban J connectivity index is 1.57. The van der Waals surface area contributed by atoms with E-state index in [9.17, 15) is 4.79 Å². The van der Waals surface area contributed by atoms with Crippen LogP contribution in [0.2, 0.25) is 0 Å². The molecule has 6 heteroatoms. The fourth-order valence-corrected chi connectivity index (χ4v) is 3.11. The molecule has 20 heavy (non-hydrogen) atoms. The minimum absolute atomic E-state index is 0.0958. The molecule has 0 radical (unpaired) electrons. The van der Waals surface area contributed by atoms with Crippen molar-refractivity contribution in [1.29, 1.82) is 0 Å². The largest absolute Gasteiger partial charge is 0.472 e. The number of carbonyl (C=O) groups excluding carboxylic acids is 1. The standard InChI is InChI=1S/C14H17N3O2S/c18-13(16-7-10-2-1-4-15-6-10)12-9-20-14(17-12)11-3-5-19-8-11/h3,5,8-10,15H,1-2,4,6-7H2,(H,16,18). The number of hydrogen-bond donors (Lipinski definition) is 2. The summed E-state index contributed by atoms with van der Waals surface area (Å²) >= 11 is 1.45. The van der Waals surface area contributed by atoms with E-state index >= 15 is 0 Å². The van der Waals surface area contributed by atoms with Crippen LogP contribution in [-0.2, 0) is 0 Å². The molecule has 3 heterocycles. The van der Waals surface area contributed by atoms with Crippen LogP contribution in [0.5, 0.6) is 0 Å². The van der Waals surface area contributed by atoms with Crippen molar-refractivity contribution in [2.45, 2.75) is 12.8 Å². The van der Waals surface area contributed by atoms with Crippen LogP contribution in [0.15, 0.2) is 28.4 Å². The molecule has 0 aliphatic carbocycles. The van der Waals surface area contributed by atoms with E-state index in [4.69, 9.17) is 4.42 Å². The molecule has 0 bridgehead atoms. The SMILES string of the molecule is O=C(NCC1CCCNC1)c1csc(-c2ccoc2)n1. The van der Waals surface area contributed by atoms with Gasteiger partial charge in [0.15, 0.2) is 0 Å². The summed E-state index contributed by atoms with van der Waals surface area (Å²) in [5, 5.41) is 8.91. The highest BCUT2D eigenvalue weighted by Crippen LogP contribution is 2.23. The van der Waals surface area contributed by atoms with Crippen molar-refractivity contribution in [1.82, 2.24) is 15.6 Å². The van der Waals surface area contributed by atoms with E-state index in [1.807, 2.05) is 6.07 Å². The molecular weight excluding hydrogens is 274 g/mol. The lowest BCUT2D eigenvalue weighted by atomic mass is 10.00. The van der Waals surface area contributed by atoms with Crippen LogP contribution < -0.4 is 10.6 Å². The second kappa shape index (κ2) is 6.19. The Hall–Kier alpha value is -1.66. The van der Waals surface area contributed by atoms with Crippen LogP contribution in [0, 0.1) is 5.92 Å². The first kappa shape index (κ1) is 13.3. The molecule has 2 aromatic rings. The average molecular weight is 291 g/mol. The van der Waals surface area contributed by atoms with Crippen molar-refractivity contribution >= 4 is 17.2 Å². The van der Waals surface area contributed by atoms with Crippen molar-refractivity contribution in [2.24, 2.45) is 5.92 Å². The van der Waals surface area contributed by atoms with Crippen LogP contribution >= 0.6 is 11.3 Å². The topological polar surface area (TPSA) is 67.2 Å². The van der Waals surface area contributed by atoms with E-state index in [0.29, 0.717) is 18.2 Å². The monoisotopic (exact) mass is 291 g/mol. The van der Waals surface area contributed by atoms with E-state index < -0.39 is 0 Å². The molecule has 1 aliphatic heterocycles. The highest BCUT2D eigenvalue weighted by atomic mass is 32.1. The lowest BCUT2D eigenvalue weighted by Gasteiger charge is -2.22. The van der Waals surface area contributed by atoms with Gasteiger partial charge in [-0.25, -0.2) is 4.98 Å². The smallest absolute Gasteiger partial charge is 0.270 e. The van der Waals surface area contributed by atoms with Gasteiger partial charge in [0, 0.05) is 17.5 Å². The molecule has 1 aliphatic rings. The zero-order chi connectivity index (χ0) is 13.8. The molecular formula is C14H17N3O2S. The molecule has 1 fully saturated rings. The average Bonchev–Trinajstić information content (AvgIpc) is 3.16. The third kappa shape index (κ3) is 3.08. The number of piperidine rings is 1. The van der Waals surface area contributed by atoms with E-state index in [1.165, 1.54) is 24.2 Å². The fourth-order valence-electron chi connectivity index (χ4n) is 2.32. The minimum atomic E-state index is -0.0958. The first-order chi connectivity index (χ1) is 9.83. The van der Waals surface area contributed by atoms with Gasteiger partial charge in [0.1, 0.15) is 17.0 Å². The normalized spacial score (nSPS) is 18.9. The molecule has 0 aromatic carbocycles. The van der Waals surface area contributed by atoms with Gasteiger partial charge in [-0.2, -0.15) is 0 Å². The van der Waals surface area contributed by atoms with Crippen molar-refractivity contribution in [3.05, 3.63) is 29.7 Å². The zero-order valence-corrected chi connectivity index (χ0v) is 11.9. The highest BCUT2D eigenvalue weighted by molar-refractivity contribution is 7.13. The van der Waals surface area contributed by atoms with Crippen LogP contribution in [0.4, 0.5) is 0 Å². The first-order valence-electron chi connectivity index (χ1n) is 6.80. The van der Waals surface area contributed by atoms with Crippen LogP contribution in [0.3, 0.4) is 0 Å². The quantitative estimate of drug-likeness (QED) is 0.905. The maximum Gasteiger partial charge on any atom is 0.270 e. The van der Waals surface area contributed by atoms with Gasteiger partial charge in [0.05, 0.1) is 6.26 Å². The number of rotatable bonds is 4. The summed E-state index contributed by atoms with van der Waals surface area (Å²) in [7, 11) is 0. The second-order valence-electron chi connectivity index (χ2n) is 4.97. The maximum absolute atomic E-state index is 12.1. The van der Waals surface area contributed by atoms with Crippen LogP contribution in [0.25, 0.3) is 10.6 Å². The van der Waals surface area contributed by atoms with Gasteiger partial charge in [-0.05, 0) is 37.9 Å². The Labute approximate surface area is 121 Å². The summed E-state index contributed by atoms with van der Waals surface area (Å²) in [4.78, 5) is 16.4. The number of furan rings is 1. The number of carbonyl (C=O) groups is 1. The number of aromatic nitrogens is 1. The van der Waals surface area contributed by atoms with Gasteiger partial charge in [-0.1, -0.05) is 0 Å². The lowest BCUT2D eigenvalue weighted by Crippen LogP contribution is -2.38. The summed E-state index contributed by atoms with van der Waals surface area (Å²) in [5.74, 6) is 0.432. The van der Waals surface area contributed by atoms with E-state index in [0.717, 1.165) is 23.7 Å². The summed E-state index contributed by atoms with van der Waals surface area (Å²) in [6, 6.07) is 1.84. The fraction of sp³-hybridized carbons (Fsp3) is 0.429. The Morgan fingerprint density at radius 3 is 3.30 bits per heavy atom. The van der Waals surface area contributed by atoms with Gasteiger partial charge in [0.2, 0.25) is 0 Å². The van der Waals surface area contributed by atoms with Gasteiger partial charge >= 0.3 is 0 Å². The molecule has 1 atom stereocenters. The van der Waals surface area contributed by atoms with Gasteiger partial charge in [-0.3, -0.25) is 4.79 Å². The molecule has 0 spiro atoms.